The molecule has 0 bridgehead atoms. The molecule has 0 saturated carbocycles. The fourth-order valence-corrected chi connectivity index (χ4v) is 4.80. The standard InChI is InChI=1S/C29H33F3N7O3P/c1-5-42-43-16-18-6-9-21(10-7-18)36-27-34-14-23(29(30,31)32)25(38-27)37-24-11-8-19(12-22(24)26(40)33-4)20-13-35-39(15-20)17-28(2,3)41/h6-15,41,43H,5,16-17H2,1-4H3,(H,33,40)(H2,34,36,37,38). The molecule has 228 valence electrons. The normalized spacial score (nSPS) is 12.1. The van der Waals surface area contributed by atoms with Crippen LogP contribution in [-0.4, -0.2) is 50.0 Å². The molecule has 0 saturated heterocycles. The first-order valence-corrected chi connectivity index (χ1v) is 14.5. The van der Waals surface area contributed by atoms with Crippen molar-refractivity contribution >= 4 is 37.9 Å². The number of carbonyl (C=O) groups is 1. The van der Waals surface area contributed by atoms with E-state index in [1.165, 1.54) is 13.1 Å². The van der Waals surface area contributed by atoms with E-state index >= 15 is 0 Å². The summed E-state index contributed by atoms with van der Waals surface area (Å²) in [6, 6.07) is 12.1. The number of carbonyl (C=O) groups excluding carboxylic acids is 1. The Balaban J connectivity index is 1.63. The number of aromatic nitrogens is 4. The van der Waals surface area contributed by atoms with Gasteiger partial charge in [0.15, 0.2) is 0 Å². The van der Waals surface area contributed by atoms with E-state index in [1.54, 1.807) is 55.2 Å². The van der Waals surface area contributed by atoms with E-state index in [9.17, 15) is 23.1 Å². The Morgan fingerprint density at radius 1 is 1.07 bits per heavy atom. The lowest BCUT2D eigenvalue weighted by molar-refractivity contribution is -0.137. The van der Waals surface area contributed by atoms with Gasteiger partial charge in [0.2, 0.25) is 5.95 Å². The molecule has 0 radical (unpaired) electrons. The van der Waals surface area contributed by atoms with Gasteiger partial charge in [-0.3, -0.25) is 9.48 Å². The summed E-state index contributed by atoms with van der Waals surface area (Å²) in [6.45, 7) is 6.13. The van der Waals surface area contributed by atoms with Crippen LogP contribution < -0.4 is 16.0 Å². The highest BCUT2D eigenvalue weighted by molar-refractivity contribution is 7.31. The lowest BCUT2D eigenvalue weighted by atomic mass is 10.0. The van der Waals surface area contributed by atoms with Crippen LogP contribution in [0.2, 0.25) is 0 Å². The number of amides is 1. The lowest BCUT2D eigenvalue weighted by Gasteiger charge is -2.17. The molecule has 0 aliphatic rings. The molecule has 2 aromatic heterocycles. The third-order valence-corrected chi connectivity index (χ3v) is 7.13. The first-order chi connectivity index (χ1) is 20.4. The zero-order valence-electron chi connectivity index (χ0n) is 24.1. The first-order valence-electron chi connectivity index (χ1n) is 13.4. The third-order valence-electron chi connectivity index (χ3n) is 6.09. The van der Waals surface area contributed by atoms with E-state index in [2.05, 4.69) is 31.0 Å². The monoisotopic (exact) mass is 615 g/mol. The summed E-state index contributed by atoms with van der Waals surface area (Å²) in [6.07, 6.45) is -0.0112. The Morgan fingerprint density at radius 2 is 1.81 bits per heavy atom. The summed E-state index contributed by atoms with van der Waals surface area (Å²) in [4.78, 5) is 20.8. The van der Waals surface area contributed by atoms with E-state index < -0.39 is 29.1 Å². The van der Waals surface area contributed by atoms with Crippen molar-refractivity contribution in [1.29, 1.82) is 0 Å². The highest BCUT2D eigenvalue weighted by Gasteiger charge is 2.35. The van der Waals surface area contributed by atoms with Crippen molar-refractivity contribution in [3.63, 3.8) is 0 Å². The summed E-state index contributed by atoms with van der Waals surface area (Å²) >= 11 is 0. The number of hydrogen-bond acceptors (Lipinski definition) is 8. The maximum absolute atomic E-state index is 14.0. The van der Waals surface area contributed by atoms with Crippen molar-refractivity contribution in [3.8, 4) is 11.1 Å². The average molecular weight is 616 g/mol. The zero-order chi connectivity index (χ0) is 31.2. The Morgan fingerprint density at radius 3 is 2.47 bits per heavy atom. The Labute approximate surface area is 249 Å². The summed E-state index contributed by atoms with van der Waals surface area (Å²) in [7, 11) is 1.77. The number of nitrogens with zero attached hydrogens (tertiary/aromatic N) is 4. The van der Waals surface area contributed by atoms with Crippen LogP contribution >= 0.6 is 8.81 Å². The molecule has 1 atom stereocenters. The van der Waals surface area contributed by atoms with Gasteiger partial charge >= 0.3 is 6.18 Å². The number of rotatable bonds is 12. The zero-order valence-corrected chi connectivity index (χ0v) is 25.1. The van der Waals surface area contributed by atoms with Crippen LogP contribution in [0.25, 0.3) is 11.1 Å². The van der Waals surface area contributed by atoms with Crippen molar-refractivity contribution in [1.82, 2.24) is 25.1 Å². The lowest BCUT2D eigenvalue weighted by Crippen LogP contribution is -2.26. The predicted octanol–water partition coefficient (Wildman–Crippen LogP) is 6.11. The molecule has 1 amide bonds. The quantitative estimate of drug-likeness (QED) is 0.111. The van der Waals surface area contributed by atoms with Crippen LogP contribution in [0.3, 0.4) is 0 Å². The molecule has 4 rings (SSSR count). The van der Waals surface area contributed by atoms with E-state index in [0.717, 1.165) is 11.7 Å². The van der Waals surface area contributed by atoms with Crippen molar-refractivity contribution in [3.05, 3.63) is 77.7 Å². The molecule has 0 spiro atoms. The molecule has 0 aliphatic carbocycles. The number of aliphatic hydroxyl groups is 1. The highest BCUT2D eigenvalue weighted by atomic mass is 31.1. The van der Waals surface area contributed by atoms with Crippen LogP contribution in [0.5, 0.6) is 0 Å². The second-order valence-corrected chi connectivity index (χ2v) is 11.2. The van der Waals surface area contributed by atoms with Crippen LogP contribution in [0.4, 0.5) is 36.3 Å². The molecule has 2 heterocycles. The van der Waals surface area contributed by atoms with Gasteiger partial charge in [-0.25, -0.2) is 4.98 Å². The van der Waals surface area contributed by atoms with Crippen LogP contribution in [0, 0.1) is 0 Å². The fourth-order valence-electron chi connectivity index (χ4n) is 4.09. The van der Waals surface area contributed by atoms with Crippen molar-refractivity contribution in [2.75, 3.05) is 24.3 Å². The molecular formula is C29H33F3N7O3P. The molecule has 1 unspecified atom stereocenters. The summed E-state index contributed by atoms with van der Waals surface area (Å²) in [5.74, 6) is -1.09. The molecule has 0 fully saturated rings. The van der Waals surface area contributed by atoms with Crippen molar-refractivity contribution in [2.45, 2.75) is 45.3 Å². The van der Waals surface area contributed by atoms with Crippen molar-refractivity contribution in [2.24, 2.45) is 0 Å². The SMILES string of the molecule is CCOPCc1ccc(Nc2ncc(C(F)(F)F)c(Nc3ccc(-c4cnn(CC(C)(C)O)c4)cc3C(=O)NC)n2)cc1. The number of nitrogens with one attached hydrogen (secondary N) is 3. The van der Waals surface area contributed by atoms with Gasteiger partial charge < -0.3 is 25.6 Å². The van der Waals surface area contributed by atoms with Crippen LogP contribution in [0.15, 0.2) is 61.1 Å². The molecule has 10 nitrogen and oxygen atoms in total. The van der Waals surface area contributed by atoms with Gasteiger partial charge in [-0.2, -0.15) is 23.3 Å². The minimum atomic E-state index is -4.76. The van der Waals surface area contributed by atoms with Crippen LogP contribution in [0.1, 0.15) is 42.3 Å². The molecule has 4 N–H and O–H groups in total. The minimum absolute atomic E-state index is 0.0585. The maximum atomic E-state index is 14.0. The van der Waals surface area contributed by atoms with Gasteiger partial charge in [0.25, 0.3) is 5.91 Å². The summed E-state index contributed by atoms with van der Waals surface area (Å²) < 4.78 is 48.8. The number of alkyl halides is 3. The minimum Gasteiger partial charge on any atom is -0.389 e. The molecule has 43 heavy (non-hydrogen) atoms. The topological polar surface area (TPSA) is 126 Å². The first kappa shape index (κ1) is 31.9. The molecular weight excluding hydrogens is 582 g/mol. The fraction of sp³-hybridized carbons (Fsp3) is 0.310. The van der Waals surface area contributed by atoms with Crippen molar-refractivity contribution < 1.29 is 27.6 Å². The third kappa shape index (κ3) is 8.73. The Bertz CT molecular complexity index is 1550. The molecule has 4 aromatic rings. The van der Waals surface area contributed by atoms with Gasteiger partial charge in [-0.15, -0.1) is 0 Å². The Kier molecular flexibility index (Phi) is 10.0. The van der Waals surface area contributed by atoms with Gasteiger partial charge in [0.1, 0.15) is 11.4 Å². The highest BCUT2D eigenvalue weighted by Crippen LogP contribution is 2.36. The number of anilines is 4. The average Bonchev–Trinajstić information content (AvgIpc) is 3.40. The second kappa shape index (κ2) is 13.5. The number of hydrogen-bond donors (Lipinski definition) is 4. The Hall–Kier alpha value is -4.06. The maximum Gasteiger partial charge on any atom is 0.421 e. The van der Waals surface area contributed by atoms with Gasteiger partial charge in [-0.05, 0) is 56.2 Å². The van der Waals surface area contributed by atoms with E-state index in [4.69, 9.17) is 4.52 Å². The molecule has 2 aromatic carbocycles. The largest absolute Gasteiger partial charge is 0.421 e. The van der Waals surface area contributed by atoms with Gasteiger partial charge in [0.05, 0.1) is 29.6 Å². The van der Waals surface area contributed by atoms with Crippen LogP contribution in [-0.2, 0) is 23.4 Å². The van der Waals surface area contributed by atoms with Gasteiger partial charge in [0, 0.05) is 52.3 Å². The van der Waals surface area contributed by atoms with Gasteiger partial charge in [-0.1, -0.05) is 18.2 Å². The number of halogens is 3. The van der Waals surface area contributed by atoms with E-state index in [-0.39, 0.29) is 23.7 Å². The smallest absolute Gasteiger partial charge is 0.389 e. The molecule has 0 aliphatic heterocycles. The second-order valence-electron chi connectivity index (χ2n) is 10.2. The van der Waals surface area contributed by atoms with E-state index in [0.29, 0.717) is 38.4 Å². The summed E-state index contributed by atoms with van der Waals surface area (Å²) in [5, 5.41) is 22.5. The molecule has 14 heteroatoms. The summed E-state index contributed by atoms with van der Waals surface area (Å²) in [5.41, 5.74) is 1.05. The number of benzene rings is 2. The predicted molar refractivity (Wildman–Crippen MR) is 161 cm³/mol. The van der Waals surface area contributed by atoms with E-state index in [1.807, 2.05) is 19.1 Å².